The summed E-state index contributed by atoms with van der Waals surface area (Å²) >= 11 is 0. The lowest BCUT2D eigenvalue weighted by atomic mass is 10.1. The van der Waals surface area contributed by atoms with Gasteiger partial charge in [-0.1, -0.05) is 12.1 Å². The number of hydrogen-bond acceptors (Lipinski definition) is 4. The predicted molar refractivity (Wildman–Crippen MR) is 88.3 cm³/mol. The van der Waals surface area contributed by atoms with Crippen molar-refractivity contribution < 1.29 is 18.3 Å². The number of nitrogens with one attached hydrogen (secondary N) is 1. The van der Waals surface area contributed by atoms with Crippen molar-refractivity contribution in [3.05, 3.63) is 71.8 Å². The summed E-state index contributed by atoms with van der Waals surface area (Å²) in [7, 11) is 1.49. The van der Waals surface area contributed by atoms with E-state index in [4.69, 9.17) is 4.74 Å². The number of aromatic nitrogens is 2. The lowest BCUT2D eigenvalue weighted by molar-refractivity contribution is 0.102. The van der Waals surface area contributed by atoms with E-state index in [1.165, 1.54) is 7.11 Å². The number of ether oxygens (including phenoxy) is 1. The second kappa shape index (κ2) is 7.04. The minimum atomic E-state index is -0.922. The van der Waals surface area contributed by atoms with Gasteiger partial charge in [0.05, 0.1) is 18.4 Å². The van der Waals surface area contributed by atoms with Gasteiger partial charge in [-0.25, -0.2) is 8.78 Å². The molecule has 2 aromatic carbocycles. The number of nitrogens with zero attached hydrogens (tertiary/aromatic N) is 2. The third kappa shape index (κ3) is 3.77. The van der Waals surface area contributed by atoms with Gasteiger partial charge < -0.3 is 10.1 Å². The van der Waals surface area contributed by atoms with Crippen LogP contribution in [0.4, 0.5) is 14.5 Å². The summed E-state index contributed by atoms with van der Waals surface area (Å²) in [5.74, 6) is -1.95. The molecule has 0 aliphatic carbocycles. The van der Waals surface area contributed by atoms with Crippen LogP contribution in [0.2, 0.25) is 0 Å². The van der Waals surface area contributed by atoms with E-state index in [9.17, 15) is 13.6 Å². The predicted octanol–water partition coefficient (Wildman–Crippen LogP) is 3.68. The van der Waals surface area contributed by atoms with Gasteiger partial charge in [0.25, 0.3) is 5.91 Å². The van der Waals surface area contributed by atoms with Crippen LogP contribution in [0, 0.1) is 11.6 Å². The largest absolute Gasteiger partial charge is 0.480 e. The third-order valence-electron chi connectivity index (χ3n) is 3.44. The summed E-state index contributed by atoms with van der Waals surface area (Å²) in [6.07, 6.45) is 0. The maximum Gasteiger partial charge on any atom is 0.258 e. The lowest BCUT2D eigenvalue weighted by Crippen LogP contribution is -2.14. The Labute approximate surface area is 142 Å². The molecular weight excluding hydrogens is 328 g/mol. The molecule has 0 saturated heterocycles. The first kappa shape index (κ1) is 16.5. The van der Waals surface area contributed by atoms with Crippen molar-refractivity contribution in [2.75, 3.05) is 12.4 Å². The molecule has 1 N–H and O–H groups in total. The zero-order valence-electron chi connectivity index (χ0n) is 13.2. The number of rotatable bonds is 4. The van der Waals surface area contributed by atoms with Crippen LogP contribution in [-0.2, 0) is 0 Å². The molecule has 0 radical (unpaired) electrons. The molecule has 0 saturated carbocycles. The molecule has 0 atom stereocenters. The Morgan fingerprint density at radius 1 is 1.04 bits per heavy atom. The molecule has 0 spiro atoms. The Hall–Kier alpha value is -3.35. The highest BCUT2D eigenvalue weighted by Gasteiger charge is 2.13. The van der Waals surface area contributed by atoms with Crippen LogP contribution in [0.5, 0.6) is 5.88 Å². The smallest absolute Gasteiger partial charge is 0.258 e. The summed E-state index contributed by atoms with van der Waals surface area (Å²) in [6.45, 7) is 0. The molecular formula is C18H13F2N3O2. The molecule has 7 heteroatoms. The first-order chi connectivity index (χ1) is 12.1. The molecule has 0 bridgehead atoms. The molecule has 1 heterocycles. The van der Waals surface area contributed by atoms with Gasteiger partial charge in [-0.15, -0.1) is 10.2 Å². The van der Waals surface area contributed by atoms with Gasteiger partial charge in [0, 0.05) is 23.4 Å². The van der Waals surface area contributed by atoms with Crippen LogP contribution in [-0.4, -0.2) is 23.2 Å². The molecule has 126 valence electrons. The first-order valence-corrected chi connectivity index (χ1v) is 7.31. The molecule has 0 unspecified atom stereocenters. The molecule has 1 amide bonds. The molecule has 1 aromatic heterocycles. The van der Waals surface area contributed by atoms with Crippen LogP contribution in [0.3, 0.4) is 0 Å². The number of anilines is 1. The van der Waals surface area contributed by atoms with E-state index in [0.717, 1.165) is 12.1 Å². The summed E-state index contributed by atoms with van der Waals surface area (Å²) in [5.41, 5.74) is 1.51. The number of carbonyl (C=O) groups excluding carboxylic acids is 1. The van der Waals surface area contributed by atoms with Crippen LogP contribution in [0.15, 0.2) is 54.6 Å². The van der Waals surface area contributed by atoms with E-state index >= 15 is 0 Å². The van der Waals surface area contributed by atoms with E-state index in [1.54, 1.807) is 36.4 Å². The second-order valence-corrected chi connectivity index (χ2v) is 5.12. The van der Waals surface area contributed by atoms with Crippen molar-refractivity contribution >= 4 is 11.6 Å². The van der Waals surface area contributed by atoms with Crippen molar-refractivity contribution in [2.45, 2.75) is 0 Å². The maximum atomic E-state index is 13.7. The van der Waals surface area contributed by atoms with Gasteiger partial charge in [0.2, 0.25) is 5.88 Å². The number of amides is 1. The zero-order chi connectivity index (χ0) is 17.8. The maximum absolute atomic E-state index is 13.7. The normalized spacial score (nSPS) is 10.4. The Morgan fingerprint density at radius 3 is 2.56 bits per heavy atom. The second-order valence-electron chi connectivity index (χ2n) is 5.12. The Kier molecular flexibility index (Phi) is 4.65. The Balaban J connectivity index is 1.82. The van der Waals surface area contributed by atoms with E-state index < -0.39 is 17.5 Å². The molecule has 3 aromatic rings. The molecule has 0 aliphatic rings. The van der Waals surface area contributed by atoms with Crippen molar-refractivity contribution in [3.8, 4) is 17.1 Å². The fourth-order valence-electron chi connectivity index (χ4n) is 2.21. The van der Waals surface area contributed by atoms with E-state index in [-0.39, 0.29) is 5.56 Å². The average Bonchev–Trinajstić information content (AvgIpc) is 2.62. The van der Waals surface area contributed by atoms with E-state index in [1.807, 2.05) is 0 Å². The lowest BCUT2D eigenvalue weighted by Gasteiger charge is -2.08. The zero-order valence-corrected chi connectivity index (χ0v) is 13.2. The number of methoxy groups -OCH3 is 1. The molecule has 25 heavy (non-hydrogen) atoms. The van der Waals surface area contributed by atoms with Crippen LogP contribution in [0.1, 0.15) is 10.4 Å². The monoisotopic (exact) mass is 341 g/mol. The van der Waals surface area contributed by atoms with Crippen LogP contribution in [0.25, 0.3) is 11.3 Å². The highest BCUT2D eigenvalue weighted by atomic mass is 19.1. The number of carbonyl (C=O) groups is 1. The van der Waals surface area contributed by atoms with Gasteiger partial charge in [-0.3, -0.25) is 4.79 Å². The van der Waals surface area contributed by atoms with Gasteiger partial charge in [-0.2, -0.15) is 0 Å². The summed E-state index contributed by atoms with van der Waals surface area (Å²) < 4.78 is 31.6. The van der Waals surface area contributed by atoms with Crippen LogP contribution < -0.4 is 10.1 Å². The van der Waals surface area contributed by atoms with Gasteiger partial charge >= 0.3 is 0 Å². The summed E-state index contributed by atoms with van der Waals surface area (Å²) in [4.78, 5) is 12.2. The molecule has 3 rings (SSSR count). The van der Waals surface area contributed by atoms with Crippen molar-refractivity contribution in [2.24, 2.45) is 0 Å². The Bertz CT molecular complexity index is 914. The fourth-order valence-corrected chi connectivity index (χ4v) is 2.21. The molecule has 5 nitrogen and oxygen atoms in total. The van der Waals surface area contributed by atoms with Gasteiger partial charge in [0.1, 0.15) is 11.6 Å². The highest BCUT2D eigenvalue weighted by molar-refractivity contribution is 6.04. The van der Waals surface area contributed by atoms with Crippen LogP contribution >= 0.6 is 0 Å². The van der Waals surface area contributed by atoms with Gasteiger partial charge in [0.15, 0.2) is 0 Å². The van der Waals surface area contributed by atoms with Crippen molar-refractivity contribution in [3.63, 3.8) is 0 Å². The topological polar surface area (TPSA) is 64.1 Å². The third-order valence-corrected chi connectivity index (χ3v) is 3.44. The van der Waals surface area contributed by atoms with Gasteiger partial charge in [-0.05, 0) is 30.3 Å². The molecule has 0 aliphatic heterocycles. The number of hydrogen-bond donors (Lipinski definition) is 1. The minimum Gasteiger partial charge on any atom is -0.480 e. The van der Waals surface area contributed by atoms with E-state index in [2.05, 4.69) is 15.5 Å². The highest BCUT2D eigenvalue weighted by Crippen LogP contribution is 2.22. The first-order valence-electron chi connectivity index (χ1n) is 7.31. The fraction of sp³-hybridized carbons (Fsp3) is 0.0556. The molecule has 0 fully saturated rings. The summed E-state index contributed by atoms with van der Waals surface area (Å²) in [6, 6.07) is 13.0. The van der Waals surface area contributed by atoms with Crippen molar-refractivity contribution in [1.29, 1.82) is 0 Å². The summed E-state index contributed by atoms with van der Waals surface area (Å²) in [5, 5.41) is 10.5. The standard InChI is InChI=1S/C18H13F2N3O2/c1-25-17-8-7-16(22-23-17)11-3-2-4-13(9-11)21-18(24)14-6-5-12(19)10-15(14)20/h2-10H,1H3,(H,21,24). The Morgan fingerprint density at radius 2 is 1.88 bits per heavy atom. The van der Waals surface area contributed by atoms with E-state index in [0.29, 0.717) is 28.9 Å². The van der Waals surface area contributed by atoms with Crippen molar-refractivity contribution in [1.82, 2.24) is 10.2 Å². The average molecular weight is 341 g/mol. The number of benzene rings is 2. The minimum absolute atomic E-state index is 0.240. The quantitative estimate of drug-likeness (QED) is 0.786. The number of halogens is 2. The SMILES string of the molecule is COc1ccc(-c2cccc(NC(=O)c3ccc(F)cc3F)c2)nn1.